The average Bonchev–Trinajstić information content (AvgIpc) is 2.77. The Bertz CT molecular complexity index is 866. The van der Waals surface area contributed by atoms with Crippen molar-refractivity contribution < 1.29 is 19.4 Å². The molecule has 3 N–H and O–H groups in total. The molecule has 33 heavy (non-hydrogen) atoms. The molecule has 0 aliphatic carbocycles. The van der Waals surface area contributed by atoms with Gasteiger partial charge in [-0.25, -0.2) is 9.80 Å². The van der Waals surface area contributed by atoms with Gasteiger partial charge in [-0.05, 0) is 31.4 Å². The van der Waals surface area contributed by atoms with Gasteiger partial charge in [0.2, 0.25) is 5.91 Å². The van der Waals surface area contributed by atoms with E-state index in [1.165, 1.54) is 0 Å². The fraction of sp³-hybridized carbons (Fsp3) is 0.462. The summed E-state index contributed by atoms with van der Waals surface area (Å²) in [5, 5.41) is 15.6. The molecule has 2 rings (SSSR count). The van der Waals surface area contributed by atoms with E-state index in [4.69, 9.17) is 4.74 Å². The van der Waals surface area contributed by atoms with E-state index in [1.807, 2.05) is 95.3 Å². The highest BCUT2D eigenvalue weighted by Crippen LogP contribution is 2.14. The molecule has 180 valence electrons. The molecule has 7 nitrogen and oxygen atoms in total. The first kappa shape index (κ1) is 26.4. The van der Waals surface area contributed by atoms with E-state index in [1.54, 1.807) is 5.01 Å². The van der Waals surface area contributed by atoms with Crippen LogP contribution in [0.5, 0.6) is 0 Å². The minimum absolute atomic E-state index is 0.0478. The predicted molar refractivity (Wildman–Crippen MR) is 129 cm³/mol. The van der Waals surface area contributed by atoms with Crippen molar-refractivity contribution in [1.82, 2.24) is 15.8 Å². The van der Waals surface area contributed by atoms with E-state index in [9.17, 15) is 14.7 Å². The highest BCUT2D eigenvalue weighted by molar-refractivity contribution is 5.80. The lowest BCUT2D eigenvalue weighted by molar-refractivity contribution is -0.135. The molecule has 0 heterocycles. The van der Waals surface area contributed by atoms with Gasteiger partial charge in [-0.1, -0.05) is 81.4 Å². The first-order valence-corrected chi connectivity index (χ1v) is 11.3. The summed E-state index contributed by atoms with van der Waals surface area (Å²) >= 11 is 0. The first-order valence-electron chi connectivity index (χ1n) is 11.3. The molecule has 0 spiro atoms. The van der Waals surface area contributed by atoms with Crippen molar-refractivity contribution in [2.24, 2.45) is 5.41 Å². The number of hydrogen-bond donors (Lipinski definition) is 3. The fourth-order valence-electron chi connectivity index (χ4n) is 3.08. The molecule has 0 saturated carbocycles. The van der Waals surface area contributed by atoms with Crippen LogP contribution in [0.3, 0.4) is 0 Å². The minimum atomic E-state index is -0.947. The monoisotopic (exact) mass is 455 g/mol. The Morgan fingerprint density at radius 2 is 1.52 bits per heavy atom. The van der Waals surface area contributed by atoms with Gasteiger partial charge in [0, 0.05) is 18.0 Å². The van der Waals surface area contributed by atoms with Crippen LogP contribution in [-0.2, 0) is 22.6 Å². The first-order chi connectivity index (χ1) is 15.6. The van der Waals surface area contributed by atoms with Gasteiger partial charge in [0.05, 0.1) is 12.1 Å². The number of amides is 2. The van der Waals surface area contributed by atoms with E-state index in [2.05, 4.69) is 10.7 Å². The third-order valence-corrected chi connectivity index (χ3v) is 5.21. The van der Waals surface area contributed by atoms with Gasteiger partial charge in [-0.3, -0.25) is 10.2 Å². The summed E-state index contributed by atoms with van der Waals surface area (Å²) in [7, 11) is 0. The van der Waals surface area contributed by atoms with Gasteiger partial charge >= 0.3 is 6.09 Å². The van der Waals surface area contributed by atoms with Gasteiger partial charge in [0.1, 0.15) is 6.61 Å². The highest BCUT2D eigenvalue weighted by Gasteiger charge is 2.29. The maximum atomic E-state index is 12.5. The van der Waals surface area contributed by atoms with Crippen molar-refractivity contribution in [3.8, 4) is 0 Å². The Kier molecular flexibility index (Phi) is 9.88. The number of carbonyl (C=O) groups is 2. The number of hydrazine groups is 1. The molecular formula is C26H37N3O4. The second-order valence-corrected chi connectivity index (χ2v) is 9.51. The lowest BCUT2D eigenvalue weighted by Gasteiger charge is -2.34. The van der Waals surface area contributed by atoms with Crippen LogP contribution in [0.4, 0.5) is 4.79 Å². The largest absolute Gasteiger partial charge is 0.445 e. The number of carbonyl (C=O) groups excluding carboxylic acids is 2. The molecule has 0 aromatic heterocycles. The fourth-order valence-corrected chi connectivity index (χ4v) is 3.08. The van der Waals surface area contributed by atoms with Crippen molar-refractivity contribution in [3.05, 3.63) is 71.8 Å². The number of alkyl carbamates (subject to hydrolysis) is 1. The number of nitrogens with zero attached hydrogens (tertiary/aromatic N) is 1. The number of ether oxygens (including phenoxy) is 1. The molecule has 0 bridgehead atoms. The topological polar surface area (TPSA) is 90.9 Å². The van der Waals surface area contributed by atoms with Crippen LogP contribution in [0, 0.1) is 5.41 Å². The van der Waals surface area contributed by atoms with Crippen molar-refractivity contribution in [2.75, 3.05) is 6.54 Å². The summed E-state index contributed by atoms with van der Waals surface area (Å²) in [5.74, 6) is -0.141. The second kappa shape index (κ2) is 12.4. The Morgan fingerprint density at radius 1 is 0.970 bits per heavy atom. The quantitative estimate of drug-likeness (QED) is 0.476. The summed E-state index contributed by atoms with van der Waals surface area (Å²) in [6.07, 6.45) is -1.13. The Morgan fingerprint density at radius 3 is 2.03 bits per heavy atom. The van der Waals surface area contributed by atoms with Gasteiger partial charge in [-0.2, -0.15) is 0 Å². The van der Waals surface area contributed by atoms with Crippen molar-refractivity contribution in [1.29, 1.82) is 0 Å². The predicted octanol–water partition coefficient (Wildman–Crippen LogP) is 3.67. The smallest absolute Gasteiger partial charge is 0.407 e. The number of rotatable bonds is 10. The molecule has 2 amide bonds. The molecule has 1 unspecified atom stereocenters. The van der Waals surface area contributed by atoms with Crippen LogP contribution >= 0.6 is 0 Å². The van der Waals surface area contributed by atoms with E-state index in [0.29, 0.717) is 6.42 Å². The zero-order valence-electron chi connectivity index (χ0n) is 20.2. The SMILES string of the molecule is CC(C)N(CC(O)[C@H](Cc1ccccc1)NC(=O)OCc1ccccc1)NC(=O)C(C)(C)C. The summed E-state index contributed by atoms with van der Waals surface area (Å²) in [5.41, 5.74) is 4.18. The molecule has 0 aliphatic heterocycles. The van der Waals surface area contributed by atoms with Gasteiger partial charge < -0.3 is 15.2 Å². The van der Waals surface area contributed by atoms with E-state index in [0.717, 1.165) is 11.1 Å². The van der Waals surface area contributed by atoms with Crippen LogP contribution in [0.2, 0.25) is 0 Å². The second-order valence-electron chi connectivity index (χ2n) is 9.51. The summed E-state index contributed by atoms with van der Waals surface area (Å²) < 4.78 is 5.36. The molecule has 7 heteroatoms. The molecule has 0 radical (unpaired) electrons. The lowest BCUT2D eigenvalue weighted by Crippen LogP contribution is -2.56. The molecule has 0 aliphatic rings. The normalized spacial score (nSPS) is 13.5. The Balaban J connectivity index is 2.08. The number of aliphatic hydroxyl groups excluding tert-OH is 1. The summed E-state index contributed by atoms with van der Waals surface area (Å²) in [6.45, 7) is 9.66. The summed E-state index contributed by atoms with van der Waals surface area (Å²) in [4.78, 5) is 25.0. The zero-order valence-corrected chi connectivity index (χ0v) is 20.2. The molecule has 0 fully saturated rings. The lowest BCUT2D eigenvalue weighted by atomic mass is 9.96. The van der Waals surface area contributed by atoms with Crippen molar-refractivity contribution in [3.63, 3.8) is 0 Å². The van der Waals surface area contributed by atoms with Gasteiger partial charge in [0.25, 0.3) is 0 Å². The molecule has 0 saturated heterocycles. The van der Waals surface area contributed by atoms with Crippen molar-refractivity contribution in [2.45, 2.75) is 65.8 Å². The summed E-state index contributed by atoms with van der Waals surface area (Å²) in [6, 6.07) is 18.4. The highest BCUT2D eigenvalue weighted by atomic mass is 16.5. The van der Waals surface area contributed by atoms with Crippen LogP contribution in [0.25, 0.3) is 0 Å². The van der Waals surface area contributed by atoms with E-state index in [-0.39, 0.29) is 25.1 Å². The maximum Gasteiger partial charge on any atom is 0.407 e. The van der Waals surface area contributed by atoms with Crippen LogP contribution < -0.4 is 10.7 Å². The van der Waals surface area contributed by atoms with Gasteiger partial charge in [0.15, 0.2) is 0 Å². The number of benzene rings is 2. The van der Waals surface area contributed by atoms with Crippen LogP contribution in [0.1, 0.15) is 45.7 Å². The third kappa shape index (κ3) is 9.24. The van der Waals surface area contributed by atoms with Crippen LogP contribution in [-0.4, -0.2) is 46.8 Å². The minimum Gasteiger partial charge on any atom is -0.445 e. The third-order valence-electron chi connectivity index (χ3n) is 5.21. The number of aliphatic hydroxyl groups is 1. The molecule has 2 aromatic rings. The zero-order chi connectivity index (χ0) is 24.4. The van der Waals surface area contributed by atoms with Crippen molar-refractivity contribution >= 4 is 12.0 Å². The average molecular weight is 456 g/mol. The number of hydrogen-bond acceptors (Lipinski definition) is 5. The Hall–Kier alpha value is -2.90. The standard InChI is InChI=1S/C26H37N3O4/c1-19(2)29(28-24(31)26(3,4)5)17-23(30)22(16-20-12-8-6-9-13-20)27-25(32)33-18-21-14-10-7-11-15-21/h6-15,19,22-23,30H,16-18H2,1-5H3,(H,27,32)(H,28,31)/t22-,23?/m0/s1. The van der Waals surface area contributed by atoms with Crippen LogP contribution in [0.15, 0.2) is 60.7 Å². The van der Waals surface area contributed by atoms with E-state index < -0.39 is 23.7 Å². The molecular weight excluding hydrogens is 418 g/mol. The molecule has 2 atom stereocenters. The van der Waals surface area contributed by atoms with Gasteiger partial charge in [-0.15, -0.1) is 0 Å². The van der Waals surface area contributed by atoms with E-state index >= 15 is 0 Å². The Labute approximate surface area is 197 Å². The maximum absolute atomic E-state index is 12.5. The number of nitrogens with one attached hydrogen (secondary N) is 2. The molecule has 2 aromatic carbocycles.